The molecule has 2 heterocycles. The van der Waals surface area contributed by atoms with E-state index in [1.54, 1.807) is 44.2 Å². The number of hydrogen-bond donors (Lipinski definition) is 0. The predicted molar refractivity (Wildman–Crippen MR) is 118 cm³/mol. The third kappa shape index (κ3) is 3.61. The van der Waals surface area contributed by atoms with Crippen molar-refractivity contribution < 1.29 is 36.4 Å². The van der Waals surface area contributed by atoms with E-state index >= 15 is 0 Å². The zero-order chi connectivity index (χ0) is 24.7. The fourth-order valence-electron chi connectivity index (χ4n) is 4.53. The quantitative estimate of drug-likeness (QED) is 0.399. The number of aliphatic imine (C=N–C) groups is 1. The van der Waals surface area contributed by atoms with Crippen LogP contribution < -0.4 is 4.90 Å². The Bertz CT molecular complexity index is 1180. The molecule has 1 saturated heterocycles. The fourth-order valence-corrected chi connectivity index (χ4v) is 6.96. The highest BCUT2D eigenvalue weighted by atomic mass is 31.2. The van der Waals surface area contributed by atoms with Crippen LogP contribution in [0.4, 0.5) is 18.9 Å². The number of fused-ring (bicyclic) bond motifs is 1. The lowest BCUT2D eigenvalue weighted by Crippen LogP contribution is -2.40. The van der Waals surface area contributed by atoms with E-state index in [0.717, 1.165) is 18.2 Å². The standard InChI is InChI=1S/C23H22F3N2O5P/c1-3-32-34(31,33-4-2)22(15-9-6-5-7-10-15)19-18(14-27-22)20(29)28(21(19)30)17-12-8-11-16(13-17)23(24,25)26/h5-14,18-19H,3-4H2,1-2H3/t18-,19+,22+/m1/s1. The molecule has 2 aromatic carbocycles. The first-order valence-electron chi connectivity index (χ1n) is 10.7. The topological polar surface area (TPSA) is 85.3 Å². The average Bonchev–Trinajstić information content (AvgIpc) is 3.32. The number of carbonyl (C=O) groups excluding carboxylic acids is 2. The van der Waals surface area contributed by atoms with E-state index in [1.165, 1.54) is 12.3 Å². The van der Waals surface area contributed by atoms with Gasteiger partial charge in [0.1, 0.15) is 0 Å². The normalized spacial score (nSPS) is 24.7. The van der Waals surface area contributed by atoms with E-state index in [1.807, 2.05) is 0 Å². The van der Waals surface area contributed by atoms with Crippen molar-refractivity contribution in [1.29, 1.82) is 0 Å². The van der Waals surface area contributed by atoms with Gasteiger partial charge in [-0.15, -0.1) is 0 Å². The molecule has 4 rings (SSSR count). The Morgan fingerprint density at radius 2 is 1.65 bits per heavy atom. The SMILES string of the molecule is CCOP(=O)(OCC)[C@]1(c2ccccc2)N=C[C@H]2C(=O)N(c3cccc(C(F)(F)F)c3)C(=O)[C@H]21. The maximum atomic E-state index is 14.2. The summed E-state index contributed by atoms with van der Waals surface area (Å²) >= 11 is 0. The van der Waals surface area contributed by atoms with Gasteiger partial charge in [0, 0.05) is 6.21 Å². The molecule has 34 heavy (non-hydrogen) atoms. The Morgan fingerprint density at radius 1 is 1.00 bits per heavy atom. The van der Waals surface area contributed by atoms with Crippen molar-refractivity contribution in [1.82, 2.24) is 0 Å². The van der Waals surface area contributed by atoms with Gasteiger partial charge in [0.05, 0.1) is 36.3 Å². The molecule has 2 amide bonds. The first-order valence-corrected chi connectivity index (χ1v) is 12.2. The number of amides is 2. The van der Waals surface area contributed by atoms with Crippen LogP contribution in [0.1, 0.15) is 25.0 Å². The van der Waals surface area contributed by atoms with E-state index in [9.17, 15) is 27.3 Å². The molecule has 11 heteroatoms. The lowest BCUT2D eigenvalue weighted by Gasteiger charge is -2.37. The second-order valence-electron chi connectivity index (χ2n) is 7.77. The highest BCUT2D eigenvalue weighted by molar-refractivity contribution is 7.55. The molecule has 0 bridgehead atoms. The van der Waals surface area contributed by atoms with Gasteiger partial charge >= 0.3 is 13.8 Å². The number of alkyl halides is 3. The molecular formula is C23H22F3N2O5P. The van der Waals surface area contributed by atoms with Gasteiger partial charge in [-0.25, -0.2) is 4.90 Å². The van der Waals surface area contributed by atoms with Gasteiger partial charge in [-0.05, 0) is 37.6 Å². The van der Waals surface area contributed by atoms with Crippen molar-refractivity contribution in [2.45, 2.75) is 25.3 Å². The third-order valence-corrected chi connectivity index (χ3v) is 8.55. The maximum absolute atomic E-state index is 14.2. The van der Waals surface area contributed by atoms with E-state index < -0.39 is 48.3 Å². The minimum Gasteiger partial charge on any atom is -0.307 e. The smallest absolute Gasteiger partial charge is 0.307 e. The number of nitrogens with zero attached hydrogens (tertiary/aromatic N) is 2. The number of benzene rings is 2. The lowest BCUT2D eigenvalue weighted by atomic mass is 9.87. The van der Waals surface area contributed by atoms with Crippen molar-refractivity contribution in [2.24, 2.45) is 16.8 Å². The van der Waals surface area contributed by atoms with Gasteiger partial charge in [0.2, 0.25) is 11.8 Å². The Kier molecular flexibility index (Phi) is 6.27. The predicted octanol–water partition coefficient (Wildman–Crippen LogP) is 5.01. The molecule has 0 aliphatic carbocycles. The molecule has 7 nitrogen and oxygen atoms in total. The van der Waals surface area contributed by atoms with Gasteiger partial charge in [0.25, 0.3) is 0 Å². The minimum atomic E-state index is -4.66. The molecule has 3 atom stereocenters. The zero-order valence-electron chi connectivity index (χ0n) is 18.4. The van der Waals surface area contributed by atoms with Crippen molar-refractivity contribution >= 4 is 31.3 Å². The summed E-state index contributed by atoms with van der Waals surface area (Å²) in [6, 6.07) is 12.2. The van der Waals surface area contributed by atoms with Crippen molar-refractivity contribution in [3.8, 4) is 0 Å². The molecular weight excluding hydrogens is 472 g/mol. The monoisotopic (exact) mass is 494 g/mol. The number of rotatable bonds is 7. The van der Waals surface area contributed by atoms with Crippen LogP contribution in [0.2, 0.25) is 0 Å². The van der Waals surface area contributed by atoms with E-state index in [0.29, 0.717) is 10.5 Å². The van der Waals surface area contributed by atoms with E-state index in [4.69, 9.17) is 9.05 Å². The van der Waals surface area contributed by atoms with Gasteiger partial charge in [0.15, 0.2) is 5.28 Å². The highest BCUT2D eigenvalue weighted by Crippen LogP contribution is 2.72. The van der Waals surface area contributed by atoms with Gasteiger partial charge in [-0.3, -0.25) is 19.1 Å². The lowest BCUT2D eigenvalue weighted by molar-refractivity contribution is -0.137. The molecule has 0 spiro atoms. The van der Waals surface area contributed by atoms with Crippen molar-refractivity contribution in [3.05, 3.63) is 65.7 Å². The molecule has 0 N–H and O–H groups in total. The summed E-state index contributed by atoms with van der Waals surface area (Å²) in [5.74, 6) is -4.04. The summed E-state index contributed by atoms with van der Waals surface area (Å²) in [5.41, 5.74) is -0.881. The second-order valence-corrected chi connectivity index (χ2v) is 9.96. The van der Waals surface area contributed by atoms with Crippen LogP contribution in [0, 0.1) is 11.8 Å². The third-order valence-electron chi connectivity index (χ3n) is 5.86. The Morgan fingerprint density at radius 3 is 2.24 bits per heavy atom. The van der Waals surface area contributed by atoms with Crippen LogP contribution in [0.5, 0.6) is 0 Å². The van der Waals surface area contributed by atoms with Gasteiger partial charge in [-0.1, -0.05) is 36.4 Å². The van der Waals surface area contributed by atoms with Crippen LogP contribution in [0.3, 0.4) is 0 Å². The Labute approximate surface area is 194 Å². The molecule has 2 aromatic rings. The van der Waals surface area contributed by atoms with Crippen molar-refractivity contribution in [2.75, 3.05) is 18.1 Å². The number of hydrogen-bond acceptors (Lipinski definition) is 6. The van der Waals surface area contributed by atoms with Crippen LogP contribution in [0.15, 0.2) is 59.6 Å². The molecule has 180 valence electrons. The summed E-state index contributed by atoms with van der Waals surface area (Å²) in [4.78, 5) is 32.1. The van der Waals surface area contributed by atoms with Crippen LogP contribution in [-0.4, -0.2) is 31.2 Å². The van der Waals surface area contributed by atoms with Crippen LogP contribution >= 0.6 is 7.60 Å². The second kappa shape index (κ2) is 8.76. The average molecular weight is 494 g/mol. The van der Waals surface area contributed by atoms with Crippen LogP contribution in [0.25, 0.3) is 0 Å². The summed E-state index contributed by atoms with van der Waals surface area (Å²) in [6.45, 7) is 3.19. The summed E-state index contributed by atoms with van der Waals surface area (Å²) in [6.07, 6.45) is -3.43. The Balaban J connectivity index is 1.88. The van der Waals surface area contributed by atoms with Crippen molar-refractivity contribution in [3.63, 3.8) is 0 Å². The maximum Gasteiger partial charge on any atom is 0.416 e. The van der Waals surface area contributed by atoms with Gasteiger partial charge < -0.3 is 9.05 Å². The number of halogens is 3. The molecule has 2 aliphatic heterocycles. The number of imide groups is 1. The molecule has 0 aromatic heterocycles. The summed E-state index contributed by atoms with van der Waals surface area (Å²) in [5, 5.41) is -1.87. The fraction of sp³-hybridized carbons (Fsp3) is 0.348. The Hall–Kier alpha value is -2.81. The highest BCUT2D eigenvalue weighted by Gasteiger charge is 2.69. The molecule has 2 aliphatic rings. The molecule has 0 saturated carbocycles. The minimum absolute atomic E-state index is 0.0156. The zero-order valence-corrected chi connectivity index (χ0v) is 19.3. The first kappa shape index (κ1) is 24.3. The molecule has 1 fully saturated rings. The van der Waals surface area contributed by atoms with E-state index in [-0.39, 0.29) is 18.9 Å². The number of carbonyl (C=O) groups is 2. The first-order chi connectivity index (χ1) is 16.1. The number of anilines is 1. The summed E-state index contributed by atoms with van der Waals surface area (Å²) in [7, 11) is -4.19. The molecule has 0 radical (unpaired) electrons. The summed E-state index contributed by atoms with van der Waals surface area (Å²) < 4.78 is 65.2. The van der Waals surface area contributed by atoms with E-state index in [2.05, 4.69) is 4.99 Å². The largest absolute Gasteiger partial charge is 0.416 e. The van der Waals surface area contributed by atoms with Crippen LogP contribution in [-0.2, 0) is 34.7 Å². The van der Waals surface area contributed by atoms with Gasteiger partial charge in [-0.2, -0.15) is 13.2 Å². The molecule has 0 unspecified atom stereocenters.